The average molecular weight is 290 g/mol. The van der Waals surface area contributed by atoms with Gasteiger partial charge in [0.05, 0.1) is 25.1 Å². The molecule has 1 aromatic heterocycles. The summed E-state index contributed by atoms with van der Waals surface area (Å²) >= 11 is 0. The summed E-state index contributed by atoms with van der Waals surface area (Å²) in [6, 6.07) is -0.363. The lowest BCUT2D eigenvalue weighted by Gasteiger charge is -2.34. The van der Waals surface area contributed by atoms with Crippen LogP contribution in [0.5, 0.6) is 0 Å². The first kappa shape index (κ1) is 14.1. The third kappa shape index (κ3) is 2.94. The molecule has 3 rings (SSSR count). The van der Waals surface area contributed by atoms with Gasteiger partial charge in [-0.1, -0.05) is 13.8 Å². The molecule has 1 aliphatic heterocycles. The lowest BCUT2D eigenvalue weighted by Crippen LogP contribution is -2.47. The topological polar surface area (TPSA) is 67.2 Å². The minimum absolute atomic E-state index is 0.0117. The number of hydrogen-bond acceptors (Lipinski definition) is 3. The van der Waals surface area contributed by atoms with E-state index in [0.717, 1.165) is 12.2 Å². The molecule has 114 valence electrons. The van der Waals surface area contributed by atoms with E-state index in [0.29, 0.717) is 19.0 Å². The Kier molecular flexibility index (Phi) is 3.69. The van der Waals surface area contributed by atoms with Crippen molar-refractivity contribution in [2.24, 2.45) is 11.8 Å². The Bertz CT molecular complexity index is 548. The highest BCUT2D eigenvalue weighted by Crippen LogP contribution is 2.28. The monoisotopic (exact) mass is 290 g/mol. The third-order valence-electron chi connectivity index (χ3n) is 4.20. The van der Waals surface area contributed by atoms with Crippen LogP contribution in [0.25, 0.3) is 0 Å². The molecule has 1 saturated carbocycles. The zero-order chi connectivity index (χ0) is 15.0. The molecular formula is C15H22N4O2. The van der Waals surface area contributed by atoms with Crippen LogP contribution in [-0.2, 0) is 16.1 Å². The SMILES string of the molecule is CC(C)C(=O)N1Cc2cncn2[C@@H](C(=O)NCC2CC2)C1. The van der Waals surface area contributed by atoms with Gasteiger partial charge in [-0.25, -0.2) is 4.98 Å². The second-order valence-corrected chi connectivity index (χ2v) is 6.37. The van der Waals surface area contributed by atoms with E-state index in [1.54, 1.807) is 17.4 Å². The zero-order valence-electron chi connectivity index (χ0n) is 12.6. The first-order valence-electron chi connectivity index (χ1n) is 7.63. The molecule has 1 fully saturated rings. The molecule has 0 aromatic carbocycles. The summed E-state index contributed by atoms with van der Waals surface area (Å²) in [4.78, 5) is 30.6. The molecule has 0 saturated heterocycles. The average Bonchev–Trinajstić information content (AvgIpc) is 3.18. The fourth-order valence-corrected chi connectivity index (χ4v) is 2.72. The van der Waals surface area contributed by atoms with Gasteiger partial charge in [0.15, 0.2) is 0 Å². The Balaban J connectivity index is 1.75. The Hall–Kier alpha value is -1.85. The van der Waals surface area contributed by atoms with Crippen molar-refractivity contribution in [2.75, 3.05) is 13.1 Å². The molecule has 2 amide bonds. The van der Waals surface area contributed by atoms with Gasteiger partial charge in [-0.05, 0) is 18.8 Å². The first-order valence-corrected chi connectivity index (χ1v) is 7.63. The van der Waals surface area contributed by atoms with Gasteiger partial charge < -0.3 is 14.8 Å². The molecule has 0 bridgehead atoms. The predicted octanol–water partition coefficient (Wildman–Crippen LogP) is 0.949. The van der Waals surface area contributed by atoms with Crippen molar-refractivity contribution in [3.05, 3.63) is 18.2 Å². The standard InChI is InChI=1S/C15H22N4O2/c1-10(2)15(21)18-7-12-6-16-9-19(12)13(8-18)14(20)17-5-11-3-4-11/h6,9-11,13H,3-5,7-8H2,1-2H3,(H,17,20)/t13-/m1/s1. The molecule has 6 nitrogen and oxygen atoms in total. The normalized spacial score (nSPS) is 21.3. The maximum Gasteiger partial charge on any atom is 0.244 e. The summed E-state index contributed by atoms with van der Waals surface area (Å²) in [6.45, 7) is 5.48. The van der Waals surface area contributed by atoms with E-state index in [-0.39, 0.29) is 23.8 Å². The van der Waals surface area contributed by atoms with Crippen molar-refractivity contribution in [3.63, 3.8) is 0 Å². The molecule has 0 radical (unpaired) electrons. The van der Waals surface area contributed by atoms with E-state index in [9.17, 15) is 9.59 Å². The van der Waals surface area contributed by atoms with E-state index in [1.807, 2.05) is 18.4 Å². The van der Waals surface area contributed by atoms with Crippen LogP contribution in [0, 0.1) is 11.8 Å². The Morgan fingerprint density at radius 3 is 2.86 bits per heavy atom. The molecule has 6 heteroatoms. The summed E-state index contributed by atoms with van der Waals surface area (Å²) in [5.41, 5.74) is 0.918. The largest absolute Gasteiger partial charge is 0.354 e. The summed E-state index contributed by atoms with van der Waals surface area (Å²) in [5.74, 6) is 0.660. The molecular weight excluding hydrogens is 268 g/mol. The Labute approximate surface area is 124 Å². The smallest absolute Gasteiger partial charge is 0.244 e. The highest BCUT2D eigenvalue weighted by Gasteiger charge is 2.33. The van der Waals surface area contributed by atoms with Crippen LogP contribution in [-0.4, -0.2) is 39.4 Å². The number of hydrogen-bond donors (Lipinski definition) is 1. The Morgan fingerprint density at radius 2 is 2.19 bits per heavy atom. The second-order valence-electron chi connectivity index (χ2n) is 6.37. The maximum atomic E-state index is 12.4. The number of fused-ring (bicyclic) bond motifs is 1. The van der Waals surface area contributed by atoms with Gasteiger partial charge in [-0.3, -0.25) is 9.59 Å². The van der Waals surface area contributed by atoms with Crippen molar-refractivity contribution in [1.82, 2.24) is 19.8 Å². The van der Waals surface area contributed by atoms with Crippen molar-refractivity contribution >= 4 is 11.8 Å². The van der Waals surface area contributed by atoms with Crippen LogP contribution in [0.4, 0.5) is 0 Å². The molecule has 2 heterocycles. The van der Waals surface area contributed by atoms with Crippen LogP contribution in [0.3, 0.4) is 0 Å². The van der Waals surface area contributed by atoms with Gasteiger partial charge in [-0.15, -0.1) is 0 Å². The molecule has 2 aliphatic rings. The van der Waals surface area contributed by atoms with Crippen molar-refractivity contribution in [3.8, 4) is 0 Å². The number of nitrogens with one attached hydrogen (secondary N) is 1. The zero-order valence-corrected chi connectivity index (χ0v) is 12.6. The van der Waals surface area contributed by atoms with Crippen LogP contribution in [0.1, 0.15) is 38.4 Å². The van der Waals surface area contributed by atoms with Gasteiger partial charge in [0.25, 0.3) is 0 Å². The van der Waals surface area contributed by atoms with E-state index in [2.05, 4.69) is 10.3 Å². The van der Waals surface area contributed by atoms with Gasteiger partial charge >= 0.3 is 0 Å². The third-order valence-corrected chi connectivity index (χ3v) is 4.20. The summed E-state index contributed by atoms with van der Waals surface area (Å²) in [7, 11) is 0. The van der Waals surface area contributed by atoms with Crippen molar-refractivity contribution < 1.29 is 9.59 Å². The molecule has 0 unspecified atom stereocenters. The molecule has 1 aliphatic carbocycles. The summed E-state index contributed by atoms with van der Waals surface area (Å²) in [6.07, 6.45) is 5.84. The van der Waals surface area contributed by atoms with Gasteiger partial charge in [0.1, 0.15) is 6.04 Å². The molecule has 21 heavy (non-hydrogen) atoms. The fourth-order valence-electron chi connectivity index (χ4n) is 2.72. The highest BCUT2D eigenvalue weighted by molar-refractivity contribution is 5.83. The van der Waals surface area contributed by atoms with Crippen molar-refractivity contribution in [1.29, 1.82) is 0 Å². The van der Waals surface area contributed by atoms with Gasteiger partial charge in [-0.2, -0.15) is 0 Å². The van der Waals surface area contributed by atoms with Gasteiger partial charge in [0.2, 0.25) is 11.8 Å². The molecule has 1 aromatic rings. The van der Waals surface area contributed by atoms with E-state index in [4.69, 9.17) is 0 Å². The summed E-state index contributed by atoms with van der Waals surface area (Å²) < 4.78 is 1.90. The van der Waals surface area contributed by atoms with E-state index in [1.165, 1.54) is 12.8 Å². The predicted molar refractivity (Wildman–Crippen MR) is 77.3 cm³/mol. The fraction of sp³-hybridized carbons (Fsp3) is 0.667. The number of amides is 2. The lowest BCUT2D eigenvalue weighted by atomic mass is 10.1. The molecule has 1 N–H and O–H groups in total. The van der Waals surface area contributed by atoms with E-state index >= 15 is 0 Å². The number of aromatic nitrogens is 2. The molecule has 0 spiro atoms. The van der Waals surface area contributed by atoms with Gasteiger partial charge in [0, 0.05) is 18.7 Å². The number of rotatable bonds is 4. The maximum absolute atomic E-state index is 12.4. The van der Waals surface area contributed by atoms with Crippen LogP contribution in [0.15, 0.2) is 12.5 Å². The first-order chi connectivity index (χ1) is 10.1. The lowest BCUT2D eigenvalue weighted by molar-refractivity contribution is -0.138. The number of carbonyl (C=O) groups excluding carboxylic acids is 2. The number of imidazole rings is 1. The highest BCUT2D eigenvalue weighted by atomic mass is 16.2. The van der Waals surface area contributed by atoms with Crippen LogP contribution < -0.4 is 5.32 Å². The van der Waals surface area contributed by atoms with Crippen molar-refractivity contribution in [2.45, 2.75) is 39.3 Å². The second kappa shape index (κ2) is 5.50. The number of carbonyl (C=O) groups is 2. The minimum atomic E-state index is -0.363. The Morgan fingerprint density at radius 1 is 1.43 bits per heavy atom. The minimum Gasteiger partial charge on any atom is -0.354 e. The molecule has 1 atom stereocenters. The van der Waals surface area contributed by atoms with Crippen LogP contribution in [0.2, 0.25) is 0 Å². The van der Waals surface area contributed by atoms with E-state index < -0.39 is 0 Å². The van der Waals surface area contributed by atoms with Crippen LogP contribution >= 0.6 is 0 Å². The number of nitrogens with zero attached hydrogens (tertiary/aromatic N) is 3. The summed E-state index contributed by atoms with van der Waals surface area (Å²) in [5, 5.41) is 3.01. The quantitative estimate of drug-likeness (QED) is 0.897.